The molecule has 0 saturated carbocycles. The molecule has 0 unspecified atom stereocenters. The summed E-state index contributed by atoms with van der Waals surface area (Å²) in [6.45, 7) is 1.66. The molecule has 0 aromatic heterocycles. The van der Waals surface area contributed by atoms with Gasteiger partial charge in [-0.15, -0.1) is 30.7 Å². The van der Waals surface area contributed by atoms with E-state index in [1.165, 1.54) is 88.1 Å². The molecule has 8 rings (SSSR count). The van der Waals surface area contributed by atoms with Crippen LogP contribution in [-0.4, -0.2) is 86.6 Å². The van der Waals surface area contributed by atoms with Crippen LogP contribution in [0.5, 0.6) is 34.5 Å². The molecule has 9 N–H and O–H groups in total. The highest BCUT2D eigenvalue weighted by molar-refractivity contribution is 7.86. The fourth-order valence-corrected chi connectivity index (χ4v) is 9.51. The number of benzene rings is 8. The molecular formula is C49H39N9O17S3. The summed E-state index contributed by atoms with van der Waals surface area (Å²) in [5.41, 5.74) is 6.01. The van der Waals surface area contributed by atoms with Gasteiger partial charge in [0.15, 0.2) is 11.5 Å². The second-order valence-electron chi connectivity index (χ2n) is 16.4. The number of azo groups is 4. The third-order valence-corrected chi connectivity index (χ3v) is 14.1. The van der Waals surface area contributed by atoms with E-state index in [0.29, 0.717) is 16.9 Å². The number of nitrogen functional groups attached to an aromatic ring is 1. The molecule has 0 amide bonds. The maximum Gasteiger partial charge on any atom is 0.339 e. The Kier molecular flexibility index (Phi) is 14.9. The van der Waals surface area contributed by atoms with Crippen LogP contribution in [0.25, 0.3) is 32.7 Å². The number of fused-ring (bicyclic) bond motifs is 2. The van der Waals surface area contributed by atoms with Crippen molar-refractivity contribution in [3.05, 3.63) is 120 Å². The van der Waals surface area contributed by atoms with Crippen LogP contribution >= 0.6 is 0 Å². The summed E-state index contributed by atoms with van der Waals surface area (Å²) in [6, 6.07) is 22.8. The van der Waals surface area contributed by atoms with Gasteiger partial charge in [0.2, 0.25) is 0 Å². The second kappa shape index (κ2) is 21.2. The molecule has 0 fully saturated rings. The van der Waals surface area contributed by atoms with E-state index >= 15 is 0 Å². The van der Waals surface area contributed by atoms with Crippen LogP contribution in [0, 0.1) is 6.92 Å². The van der Waals surface area contributed by atoms with Gasteiger partial charge >= 0.3 is 5.97 Å². The molecule has 0 aliphatic carbocycles. The first-order chi connectivity index (χ1) is 36.8. The summed E-state index contributed by atoms with van der Waals surface area (Å²) in [6.07, 6.45) is 0. The molecule has 8 aromatic carbocycles. The van der Waals surface area contributed by atoms with Crippen LogP contribution in [0.15, 0.2) is 165 Å². The minimum absolute atomic E-state index is 0.000461. The first kappa shape index (κ1) is 54.7. The van der Waals surface area contributed by atoms with Crippen LogP contribution in [0.1, 0.15) is 15.9 Å². The van der Waals surface area contributed by atoms with Crippen molar-refractivity contribution >= 4 is 109 Å². The number of aromatic hydroxyl groups is 3. The Bertz CT molecular complexity index is 4310. The fraction of sp³-hybridized carbons (Fsp3) is 0.0816. The number of hydrogen-bond donors (Lipinski definition) is 8. The SMILES string of the molecule is COc1ccc(N=Nc2c(S(=O)(=O)O)cc3c(N=Nc4cc(C)c(N=Nc5ccc(O)c(C(=O)O)c5)cc4OC)c(N)ccc3c2O)c(-c2ccc(N=Nc3c(S(=O)(=O)O)cc4cc(S(=O)(=O)O)ccc4c3O)c(OC)c2)c1. The third-order valence-electron chi connectivity index (χ3n) is 11.6. The van der Waals surface area contributed by atoms with Crippen molar-refractivity contribution in [1.29, 1.82) is 0 Å². The number of phenols is 3. The van der Waals surface area contributed by atoms with Gasteiger partial charge in [0.25, 0.3) is 30.4 Å². The molecule has 8 aromatic rings. The molecule has 0 bridgehead atoms. The van der Waals surface area contributed by atoms with Crippen LogP contribution < -0.4 is 19.9 Å². The lowest BCUT2D eigenvalue weighted by Crippen LogP contribution is -2.00. The number of rotatable bonds is 16. The topological polar surface area (TPSA) is 414 Å². The van der Waals surface area contributed by atoms with Crippen molar-refractivity contribution in [2.24, 2.45) is 40.9 Å². The molecule has 78 heavy (non-hydrogen) atoms. The van der Waals surface area contributed by atoms with Crippen LogP contribution in [0.4, 0.5) is 51.2 Å². The summed E-state index contributed by atoms with van der Waals surface area (Å²) in [4.78, 5) is 8.98. The van der Waals surface area contributed by atoms with Gasteiger partial charge in [-0.05, 0) is 120 Å². The van der Waals surface area contributed by atoms with Crippen molar-refractivity contribution < 1.29 is 78.3 Å². The van der Waals surface area contributed by atoms with E-state index in [-0.39, 0.29) is 84.0 Å². The zero-order valence-corrected chi connectivity index (χ0v) is 42.9. The number of phenolic OH excluding ortho intramolecular Hbond substituents is 2. The Morgan fingerprint density at radius 2 is 1.10 bits per heavy atom. The van der Waals surface area contributed by atoms with Crippen molar-refractivity contribution in [2.75, 3.05) is 27.1 Å². The monoisotopic (exact) mass is 1120 g/mol. The zero-order chi connectivity index (χ0) is 56.6. The molecular weight excluding hydrogens is 1080 g/mol. The van der Waals surface area contributed by atoms with E-state index in [0.717, 1.165) is 42.5 Å². The summed E-state index contributed by atoms with van der Waals surface area (Å²) in [7, 11) is -11.1. The summed E-state index contributed by atoms with van der Waals surface area (Å²) in [5, 5.41) is 74.7. The number of carboxylic acids is 1. The van der Waals surface area contributed by atoms with Gasteiger partial charge in [-0.1, -0.05) is 6.07 Å². The highest BCUT2D eigenvalue weighted by atomic mass is 32.2. The van der Waals surface area contributed by atoms with Crippen molar-refractivity contribution in [1.82, 2.24) is 0 Å². The Morgan fingerprint density at radius 1 is 0.513 bits per heavy atom. The number of aryl methyl sites for hydroxylation is 1. The van der Waals surface area contributed by atoms with Crippen LogP contribution in [-0.2, 0) is 30.4 Å². The van der Waals surface area contributed by atoms with E-state index in [1.807, 2.05) is 0 Å². The number of nitrogens with two attached hydrogens (primary N) is 1. The van der Waals surface area contributed by atoms with Gasteiger partial charge in [-0.2, -0.15) is 35.5 Å². The Balaban J connectivity index is 1.15. The van der Waals surface area contributed by atoms with E-state index in [4.69, 9.17) is 19.9 Å². The standard InChI is InChI=1S/C49H39N9O17S3/c1-23-15-38(41(75-4)22-37(23)54-51-26-6-14-39(59)33(19-26)49(62)63)55-56-44-32-21-43(78(70,71)72)46(48(61)30(32)10-11-34(44)50)57-52-35-13-7-27(73-2)20-31(35)24-5-12-36(40(17-24)74-3)53-58-45-42(77(67,68)69)18-25-16-28(76(64,65)66)8-9-29(25)47(45)60/h5-22,59-61H,50H2,1-4H3,(H,62,63)(H,64,65,66)(H,67,68,69)(H,70,71,72). The lowest BCUT2D eigenvalue weighted by molar-refractivity contribution is 0.0693. The first-order valence-corrected chi connectivity index (χ1v) is 26.2. The number of aromatic carboxylic acids is 1. The molecule has 0 aliphatic rings. The van der Waals surface area contributed by atoms with Gasteiger partial charge in [0, 0.05) is 27.8 Å². The number of anilines is 1. The number of carbonyl (C=O) groups is 1. The number of ether oxygens (including phenoxy) is 3. The van der Waals surface area contributed by atoms with Crippen molar-refractivity contribution in [3.63, 3.8) is 0 Å². The molecule has 26 nitrogen and oxygen atoms in total. The zero-order valence-electron chi connectivity index (χ0n) is 40.5. The van der Waals surface area contributed by atoms with Crippen LogP contribution in [0.2, 0.25) is 0 Å². The third kappa shape index (κ3) is 11.2. The quantitative estimate of drug-likeness (QED) is 0.0253. The van der Waals surface area contributed by atoms with E-state index in [2.05, 4.69) is 40.9 Å². The number of carboxylic acid groups (broad SMARTS) is 1. The first-order valence-electron chi connectivity index (χ1n) is 21.9. The summed E-state index contributed by atoms with van der Waals surface area (Å²) >= 11 is 0. The molecule has 400 valence electrons. The molecule has 0 spiro atoms. The Morgan fingerprint density at radius 3 is 1.74 bits per heavy atom. The smallest absolute Gasteiger partial charge is 0.339 e. The Labute approximate surface area is 441 Å². The van der Waals surface area contributed by atoms with Gasteiger partial charge in [-0.3, -0.25) is 13.7 Å². The van der Waals surface area contributed by atoms with Gasteiger partial charge in [-0.25, -0.2) is 4.79 Å². The lowest BCUT2D eigenvalue weighted by atomic mass is 10.0. The maximum atomic E-state index is 13.1. The fourth-order valence-electron chi connectivity index (χ4n) is 7.69. The van der Waals surface area contributed by atoms with E-state index in [9.17, 15) is 64.1 Å². The average molecular weight is 1120 g/mol. The largest absolute Gasteiger partial charge is 0.507 e. The minimum atomic E-state index is -5.21. The van der Waals surface area contributed by atoms with Gasteiger partial charge < -0.3 is 40.4 Å². The predicted molar refractivity (Wildman–Crippen MR) is 280 cm³/mol. The second-order valence-corrected chi connectivity index (χ2v) is 20.6. The normalized spacial score (nSPS) is 12.4. The van der Waals surface area contributed by atoms with Gasteiger partial charge in [0.1, 0.15) is 66.8 Å². The summed E-state index contributed by atoms with van der Waals surface area (Å²) in [5.74, 6) is -2.96. The summed E-state index contributed by atoms with van der Waals surface area (Å²) < 4.78 is 121. The van der Waals surface area contributed by atoms with Gasteiger partial charge in [0.05, 0.1) is 49.0 Å². The number of nitrogens with zero attached hydrogens (tertiary/aromatic N) is 8. The molecule has 0 atom stereocenters. The molecule has 0 radical (unpaired) electrons. The number of methoxy groups -OCH3 is 3. The van der Waals surface area contributed by atoms with E-state index in [1.54, 1.807) is 6.92 Å². The average Bonchev–Trinajstić information content (AvgIpc) is 3.56. The molecule has 0 saturated heterocycles. The number of hydrogen-bond acceptors (Lipinski definition) is 22. The van der Waals surface area contributed by atoms with Crippen LogP contribution in [0.3, 0.4) is 0 Å². The van der Waals surface area contributed by atoms with Crippen molar-refractivity contribution in [2.45, 2.75) is 21.6 Å². The molecule has 0 heterocycles. The molecule has 29 heteroatoms. The predicted octanol–water partition coefficient (Wildman–Crippen LogP) is 11.8. The van der Waals surface area contributed by atoms with Crippen molar-refractivity contribution in [3.8, 4) is 45.6 Å². The highest BCUT2D eigenvalue weighted by Gasteiger charge is 2.26. The maximum absolute atomic E-state index is 13.1. The van der Waals surface area contributed by atoms with E-state index < -0.39 is 79.6 Å². The lowest BCUT2D eigenvalue weighted by Gasteiger charge is -2.13. The minimum Gasteiger partial charge on any atom is -0.507 e. The Hall–Kier alpha value is -9.52. The highest BCUT2D eigenvalue weighted by Crippen LogP contribution is 2.48. The molecule has 0 aliphatic heterocycles.